The highest BCUT2D eigenvalue weighted by Gasteiger charge is 2.32. The van der Waals surface area contributed by atoms with Gasteiger partial charge in [0.05, 0.1) is 19.5 Å². The molecule has 1 saturated heterocycles. The lowest BCUT2D eigenvalue weighted by Crippen LogP contribution is -2.49. The van der Waals surface area contributed by atoms with Crippen molar-refractivity contribution in [2.24, 2.45) is 0 Å². The molecule has 4 rings (SSSR count). The summed E-state index contributed by atoms with van der Waals surface area (Å²) in [5.41, 5.74) is 0.759. The number of piperazine rings is 1. The van der Waals surface area contributed by atoms with E-state index in [0.29, 0.717) is 37.0 Å². The van der Waals surface area contributed by atoms with Gasteiger partial charge in [0.2, 0.25) is 0 Å². The van der Waals surface area contributed by atoms with Crippen LogP contribution in [0.3, 0.4) is 0 Å². The molecule has 3 aromatic rings. The fourth-order valence-corrected chi connectivity index (χ4v) is 3.74. The van der Waals surface area contributed by atoms with E-state index in [1.807, 2.05) is 30.5 Å². The minimum Gasteiger partial charge on any atom is -0.468 e. The van der Waals surface area contributed by atoms with E-state index in [1.54, 1.807) is 29.3 Å². The van der Waals surface area contributed by atoms with Crippen LogP contribution < -0.4 is 4.90 Å². The van der Waals surface area contributed by atoms with Gasteiger partial charge in [-0.1, -0.05) is 29.8 Å². The summed E-state index contributed by atoms with van der Waals surface area (Å²) in [5, 5.41) is 4.76. The molecule has 0 spiro atoms. The number of nitrogens with zero attached hydrogens (tertiary/aromatic N) is 6. The number of methoxy groups -OCH3 is 1. The second-order valence-corrected chi connectivity index (χ2v) is 7.06. The van der Waals surface area contributed by atoms with Crippen molar-refractivity contribution in [1.82, 2.24) is 24.6 Å². The number of carbonyl (C=O) groups is 1. The van der Waals surface area contributed by atoms with Gasteiger partial charge >= 0.3 is 5.97 Å². The Labute approximate surface area is 173 Å². The third-order valence-electron chi connectivity index (χ3n) is 4.98. The number of ether oxygens (including phenoxy) is 1. The SMILES string of the molecule is COC(=O)[C@@H](c1ccccc1Cl)N1CCN(c2cncc(-n3cccn3)n2)CC1. The van der Waals surface area contributed by atoms with Crippen molar-refractivity contribution in [1.29, 1.82) is 0 Å². The van der Waals surface area contributed by atoms with Gasteiger partial charge in [-0.3, -0.25) is 9.88 Å². The molecule has 1 aliphatic heterocycles. The molecule has 0 saturated carbocycles. The molecule has 1 aliphatic rings. The topological polar surface area (TPSA) is 76.4 Å². The van der Waals surface area contributed by atoms with Crippen LogP contribution in [0.1, 0.15) is 11.6 Å². The molecule has 150 valence electrons. The predicted molar refractivity (Wildman–Crippen MR) is 109 cm³/mol. The van der Waals surface area contributed by atoms with Crippen LogP contribution in [-0.4, -0.2) is 63.9 Å². The minimum atomic E-state index is -0.530. The van der Waals surface area contributed by atoms with Crippen molar-refractivity contribution in [3.05, 3.63) is 65.7 Å². The summed E-state index contributed by atoms with van der Waals surface area (Å²) >= 11 is 6.36. The number of benzene rings is 1. The maximum absolute atomic E-state index is 12.5. The van der Waals surface area contributed by atoms with E-state index in [0.717, 1.165) is 11.4 Å². The number of anilines is 1. The number of aromatic nitrogens is 4. The van der Waals surface area contributed by atoms with Crippen LogP contribution in [0.4, 0.5) is 5.82 Å². The highest BCUT2D eigenvalue weighted by Crippen LogP contribution is 2.30. The van der Waals surface area contributed by atoms with E-state index in [2.05, 4.69) is 24.9 Å². The molecular weight excluding hydrogens is 392 g/mol. The van der Waals surface area contributed by atoms with E-state index < -0.39 is 6.04 Å². The molecule has 9 heteroatoms. The van der Waals surface area contributed by atoms with E-state index in [4.69, 9.17) is 16.3 Å². The zero-order chi connectivity index (χ0) is 20.2. The summed E-state index contributed by atoms with van der Waals surface area (Å²) in [6, 6.07) is 8.70. The summed E-state index contributed by atoms with van der Waals surface area (Å²) in [5.74, 6) is 1.13. The van der Waals surface area contributed by atoms with Gasteiger partial charge in [-0.15, -0.1) is 0 Å². The van der Waals surface area contributed by atoms with Gasteiger partial charge in [-0.2, -0.15) is 5.10 Å². The Hall–Kier alpha value is -2.97. The second kappa shape index (κ2) is 8.59. The summed E-state index contributed by atoms with van der Waals surface area (Å²) in [7, 11) is 1.40. The average Bonchev–Trinajstić information content (AvgIpc) is 3.31. The van der Waals surface area contributed by atoms with Crippen molar-refractivity contribution >= 4 is 23.4 Å². The normalized spacial score (nSPS) is 15.9. The molecule has 8 nitrogen and oxygen atoms in total. The number of hydrogen-bond donors (Lipinski definition) is 0. The largest absolute Gasteiger partial charge is 0.468 e. The van der Waals surface area contributed by atoms with Crippen molar-refractivity contribution in [2.45, 2.75) is 6.04 Å². The van der Waals surface area contributed by atoms with Crippen LogP contribution >= 0.6 is 11.6 Å². The molecule has 0 radical (unpaired) electrons. The lowest BCUT2D eigenvalue weighted by molar-refractivity contribution is -0.147. The van der Waals surface area contributed by atoms with Crippen LogP contribution in [0.5, 0.6) is 0 Å². The first kappa shape index (κ1) is 19.4. The Bertz CT molecular complexity index is 973. The molecule has 2 aromatic heterocycles. The van der Waals surface area contributed by atoms with Gasteiger partial charge < -0.3 is 9.64 Å². The van der Waals surface area contributed by atoms with E-state index in [-0.39, 0.29) is 5.97 Å². The summed E-state index contributed by atoms with van der Waals surface area (Å²) in [6.45, 7) is 2.74. The fourth-order valence-electron chi connectivity index (χ4n) is 3.50. The number of halogens is 1. The van der Waals surface area contributed by atoms with E-state index >= 15 is 0 Å². The molecule has 1 aromatic carbocycles. The van der Waals surface area contributed by atoms with E-state index in [1.165, 1.54) is 7.11 Å². The Kier molecular flexibility index (Phi) is 5.73. The lowest BCUT2D eigenvalue weighted by Gasteiger charge is -2.38. The quantitative estimate of drug-likeness (QED) is 0.595. The van der Waals surface area contributed by atoms with Crippen molar-refractivity contribution in [3.63, 3.8) is 0 Å². The molecule has 0 bridgehead atoms. The molecule has 0 unspecified atom stereocenters. The molecule has 1 fully saturated rings. The first-order valence-corrected chi connectivity index (χ1v) is 9.68. The zero-order valence-corrected chi connectivity index (χ0v) is 16.7. The van der Waals surface area contributed by atoms with Gasteiger partial charge in [0.25, 0.3) is 0 Å². The summed E-state index contributed by atoms with van der Waals surface area (Å²) in [4.78, 5) is 25.7. The number of carbonyl (C=O) groups excluding carboxylic acids is 1. The summed E-state index contributed by atoms with van der Waals surface area (Å²) in [6.07, 6.45) is 6.96. The lowest BCUT2D eigenvalue weighted by atomic mass is 10.0. The Morgan fingerprint density at radius 3 is 2.55 bits per heavy atom. The van der Waals surface area contributed by atoms with Crippen LogP contribution in [0.15, 0.2) is 55.1 Å². The maximum Gasteiger partial charge on any atom is 0.327 e. The third-order valence-corrected chi connectivity index (χ3v) is 5.32. The van der Waals surface area contributed by atoms with Crippen LogP contribution in [0, 0.1) is 0 Å². The molecule has 0 N–H and O–H groups in total. The van der Waals surface area contributed by atoms with Crippen LogP contribution in [0.2, 0.25) is 5.02 Å². The Morgan fingerprint density at radius 2 is 1.86 bits per heavy atom. The molecular formula is C20H21ClN6O2. The number of rotatable bonds is 5. The van der Waals surface area contributed by atoms with Crippen molar-refractivity contribution < 1.29 is 9.53 Å². The van der Waals surface area contributed by atoms with Gasteiger partial charge in [-0.25, -0.2) is 14.5 Å². The Morgan fingerprint density at radius 1 is 1.10 bits per heavy atom. The zero-order valence-electron chi connectivity index (χ0n) is 16.0. The van der Waals surface area contributed by atoms with Crippen molar-refractivity contribution in [2.75, 3.05) is 38.2 Å². The molecule has 0 aliphatic carbocycles. The molecule has 1 atom stereocenters. The second-order valence-electron chi connectivity index (χ2n) is 6.66. The fraction of sp³-hybridized carbons (Fsp3) is 0.300. The van der Waals surface area contributed by atoms with E-state index in [9.17, 15) is 4.79 Å². The third kappa shape index (κ3) is 4.08. The Balaban J connectivity index is 1.50. The smallest absolute Gasteiger partial charge is 0.327 e. The molecule has 29 heavy (non-hydrogen) atoms. The minimum absolute atomic E-state index is 0.313. The first-order valence-electron chi connectivity index (χ1n) is 9.30. The monoisotopic (exact) mass is 412 g/mol. The number of hydrogen-bond acceptors (Lipinski definition) is 7. The number of esters is 1. The first-order chi connectivity index (χ1) is 14.2. The average molecular weight is 413 g/mol. The van der Waals surface area contributed by atoms with Crippen molar-refractivity contribution in [3.8, 4) is 5.82 Å². The van der Waals surface area contributed by atoms with Gasteiger partial charge in [0.15, 0.2) is 5.82 Å². The van der Waals surface area contributed by atoms with Gasteiger partial charge in [0.1, 0.15) is 11.9 Å². The molecule has 3 heterocycles. The standard InChI is InChI=1S/C20H21ClN6O2/c1-29-20(28)19(15-5-2-3-6-16(15)21)26-11-9-25(10-12-26)17-13-22-14-18(24-17)27-8-4-7-23-27/h2-8,13-14,19H,9-12H2,1H3/t19-/m1/s1. The van der Waals surface area contributed by atoms with Gasteiger partial charge in [0, 0.05) is 43.6 Å². The predicted octanol–water partition coefficient (Wildman–Crippen LogP) is 2.35. The van der Waals surface area contributed by atoms with Crippen LogP contribution in [0.25, 0.3) is 5.82 Å². The highest BCUT2D eigenvalue weighted by molar-refractivity contribution is 6.31. The highest BCUT2D eigenvalue weighted by atomic mass is 35.5. The van der Waals surface area contributed by atoms with Gasteiger partial charge in [-0.05, 0) is 17.7 Å². The summed E-state index contributed by atoms with van der Waals surface area (Å²) < 4.78 is 6.74. The molecule has 0 amide bonds. The van der Waals surface area contributed by atoms with Crippen LogP contribution in [-0.2, 0) is 9.53 Å². The maximum atomic E-state index is 12.5.